The molecule has 1 N–H and O–H groups in total. The van der Waals surface area contributed by atoms with Gasteiger partial charge in [0.05, 0.1) is 5.92 Å². The van der Waals surface area contributed by atoms with E-state index in [1.807, 2.05) is 0 Å². The third kappa shape index (κ3) is 0.349. The molecule has 0 radical (unpaired) electrons. The lowest BCUT2D eigenvalue weighted by Crippen LogP contribution is -2.59. The Morgan fingerprint density at radius 1 is 1.40 bits per heavy atom. The number of β-lactam (4-membered cyclic amide) rings is 1. The Morgan fingerprint density at radius 2 is 2.20 bits per heavy atom. The Bertz CT molecular complexity index is 233. The number of carbonyl (C=O) groups is 1. The molecule has 2 unspecified atom stereocenters. The fourth-order valence-corrected chi connectivity index (χ4v) is 2.54. The molecule has 3 rings (SSSR count). The van der Waals surface area contributed by atoms with E-state index in [0.717, 1.165) is 0 Å². The van der Waals surface area contributed by atoms with Gasteiger partial charge in [-0.1, -0.05) is 12.2 Å². The molecule has 2 bridgehead atoms. The first-order chi connectivity index (χ1) is 4.86. The van der Waals surface area contributed by atoms with E-state index in [1.54, 1.807) is 0 Å². The van der Waals surface area contributed by atoms with Crippen molar-refractivity contribution in [3.63, 3.8) is 0 Å². The number of rotatable bonds is 0. The average Bonchev–Trinajstić information content (AvgIpc) is 2.40. The van der Waals surface area contributed by atoms with Crippen LogP contribution in [0.4, 0.5) is 0 Å². The topological polar surface area (TPSA) is 29.1 Å². The van der Waals surface area contributed by atoms with Gasteiger partial charge in [0, 0.05) is 6.04 Å². The maximum atomic E-state index is 11.0. The van der Waals surface area contributed by atoms with Gasteiger partial charge in [-0.05, 0) is 18.3 Å². The highest BCUT2D eigenvalue weighted by atomic mass is 16.2. The van der Waals surface area contributed by atoms with E-state index in [4.69, 9.17) is 0 Å². The average molecular weight is 135 g/mol. The van der Waals surface area contributed by atoms with Crippen LogP contribution in [0.1, 0.15) is 6.42 Å². The van der Waals surface area contributed by atoms with E-state index in [0.29, 0.717) is 23.8 Å². The largest absolute Gasteiger partial charge is 0.352 e. The van der Waals surface area contributed by atoms with Crippen molar-refractivity contribution in [2.75, 3.05) is 0 Å². The molecule has 0 spiro atoms. The van der Waals surface area contributed by atoms with Gasteiger partial charge in [0.15, 0.2) is 0 Å². The maximum absolute atomic E-state index is 11.0. The molecule has 1 amide bonds. The van der Waals surface area contributed by atoms with Gasteiger partial charge in [-0.3, -0.25) is 4.79 Å². The standard InChI is InChI=1S/C8H9NO/c10-8-6-4-1-2-5(3-4)7(6)9-8/h1-2,4-7H,3H2,(H,9,10)/t4?,5?,6-,7+/m1/s1. The summed E-state index contributed by atoms with van der Waals surface area (Å²) in [5.41, 5.74) is 0. The fraction of sp³-hybridized carbons (Fsp3) is 0.625. The van der Waals surface area contributed by atoms with E-state index in [1.165, 1.54) is 6.42 Å². The van der Waals surface area contributed by atoms with Crippen molar-refractivity contribution in [3.05, 3.63) is 12.2 Å². The Labute approximate surface area is 59.3 Å². The zero-order valence-electron chi connectivity index (χ0n) is 5.58. The number of nitrogens with one attached hydrogen (secondary N) is 1. The smallest absolute Gasteiger partial charge is 0.226 e. The molecule has 1 aliphatic heterocycles. The second kappa shape index (κ2) is 1.29. The van der Waals surface area contributed by atoms with Gasteiger partial charge >= 0.3 is 0 Å². The van der Waals surface area contributed by atoms with Crippen molar-refractivity contribution < 1.29 is 4.79 Å². The molecule has 52 valence electrons. The number of fused-ring (bicyclic) bond motifs is 5. The van der Waals surface area contributed by atoms with E-state index < -0.39 is 0 Å². The lowest BCUT2D eigenvalue weighted by atomic mass is 9.82. The van der Waals surface area contributed by atoms with Crippen LogP contribution in [0.15, 0.2) is 12.2 Å². The number of hydrogen-bond acceptors (Lipinski definition) is 1. The number of allylic oxidation sites excluding steroid dienone is 1. The Kier molecular flexibility index (Phi) is 0.636. The second-order valence-electron chi connectivity index (χ2n) is 3.51. The minimum atomic E-state index is 0.279. The third-order valence-electron chi connectivity index (χ3n) is 3.07. The normalized spacial score (nSPS) is 54.2. The van der Waals surface area contributed by atoms with Crippen molar-refractivity contribution in [2.45, 2.75) is 12.5 Å². The highest BCUT2D eigenvalue weighted by molar-refractivity contribution is 5.87. The van der Waals surface area contributed by atoms with Crippen LogP contribution in [0.5, 0.6) is 0 Å². The summed E-state index contributed by atoms with van der Waals surface area (Å²) < 4.78 is 0. The second-order valence-corrected chi connectivity index (χ2v) is 3.51. The molecule has 0 aromatic rings. The van der Waals surface area contributed by atoms with Gasteiger partial charge in [0.2, 0.25) is 5.91 Å². The predicted molar refractivity (Wildman–Crippen MR) is 36.2 cm³/mol. The van der Waals surface area contributed by atoms with Crippen molar-refractivity contribution in [3.8, 4) is 0 Å². The molecular formula is C8H9NO. The quantitative estimate of drug-likeness (QED) is 0.376. The summed E-state index contributed by atoms with van der Waals surface area (Å²) in [6.07, 6.45) is 5.68. The molecule has 4 atom stereocenters. The summed E-state index contributed by atoms with van der Waals surface area (Å²) in [5, 5.41) is 2.95. The van der Waals surface area contributed by atoms with Gasteiger partial charge in [-0.2, -0.15) is 0 Å². The highest BCUT2D eigenvalue weighted by Gasteiger charge is 2.54. The maximum Gasteiger partial charge on any atom is 0.226 e. The predicted octanol–water partition coefficient (Wildman–Crippen LogP) is 0.307. The van der Waals surface area contributed by atoms with Crippen LogP contribution in [0, 0.1) is 17.8 Å². The van der Waals surface area contributed by atoms with Gasteiger partial charge in [-0.15, -0.1) is 0 Å². The minimum Gasteiger partial charge on any atom is -0.352 e. The summed E-state index contributed by atoms with van der Waals surface area (Å²) >= 11 is 0. The van der Waals surface area contributed by atoms with Crippen LogP contribution in [0.25, 0.3) is 0 Å². The summed E-state index contributed by atoms with van der Waals surface area (Å²) in [4.78, 5) is 11.0. The van der Waals surface area contributed by atoms with Crippen LogP contribution in [-0.4, -0.2) is 11.9 Å². The van der Waals surface area contributed by atoms with Gasteiger partial charge < -0.3 is 5.32 Å². The molecular weight excluding hydrogens is 126 g/mol. The Morgan fingerprint density at radius 3 is 2.80 bits per heavy atom. The molecule has 2 nitrogen and oxygen atoms in total. The van der Waals surface area contributed by atoms with E-state index in [9.17, 15) is 4.79 Å². The third-order valence-corrected chi connectivity index (χ3v) is 3.07. The van der Waals surface area contributed by atoms with Gasteiger partial charge in [0.1, 0.15) is 0 Å². The lowest BCUT2D eigenvalue weighted by Gasteiger charge is -2.37. The molecule has 1 saturated heterocycles. The molecule has 2 aliphatic carbocycles. The molecule has 2 heteroatoms. The monoisotopic (exact) mass is 135 g/mol. The van der Waals surface area contributed by atoms with Gasteiger partial charge in [0.25, 0.3) is 0 Å². The summed E-state index contributed by atoms with van der Waals surface area (Å²) in [5.74, 6) is 1.90. The van der Waals surface area contributed by atoms with Crippen molar-refractivity contribution in [2.24, 2.45) is 17.8 Å². The van der Waals surface area contributed by atoms with Crippen molar-refractivity contribution >= 4 is 5.91 Å². The van der Waals surface area contributed by atoms with Crippen LogP contribution in [0.3, 0.4) is 0 Å². The van der Waals surface area contributed by atoms with E-state index in [2.05, 4.69) is 17.5 Å². The fourth-order valence-electron chi connectivity index (χ4n) is 2.54. The Hall–Kier alpha value is -0.790. The zero-order chi connectivity index (χ0) is 6.72. The van der Waals surface area contributed by atoms with Crippen LogP contribution < -0.4 is 5.32 Å². The van der Waals surface area contributed by atoms with E-state index in [-0.39, 0.29) is 5.91 Å². The SMILES string of the molecule is O=C1N[C@H]2C3C=CC(C3)[C@@H]12. The molecule has 2 fully saturated rings. The van der Waals surface area contributed by atoms with Crippen molar-refractivity contribution in [1.82, 2.24) is 5.32 Å². The molecule has 0 aromatic heterocycles. The molecule has 1 saturated carbocycles. The van der Waals surface area contributed by atoms with Gasteiger partial charge in [-0.25, -0.2) is 0 Å². The highest BCUT2D eigenvalue weighted by Crippen LogP contribution is 2.47. The Balaban J connectivity index is 2.03. The minimum absolute atomic E-state index is 0.279. The molecule has 10 heavy (non-hydrogen) atoms. The number of hydrogen-bond donors (Lipinski definition) is 1. The summed E-state index contributed by atoms with van der Waals surface area (Å²) in [6.45, 7) is 0. The first-order valence-corrected chi connectivity index (χ1v) is 3.85. The van der Waals surface area contributed by atoms with Crippen LogP contribution in [0.2, 0.25) is 0 Å². The van der Waals surface area contributed by atoms with Crippen LogP contribution >= 0.6 is 0 Å². The number of amides is 1. The first-order valence-electron chi connectivity index (χ1n) is 3.85. The molecule has 1 heterocycles. The molecule has 0 aromatic carbocycles. The summed E-state index contributed by atoms with van der Waals surface area (Å²) in [7, 11) is 0. The first kappa shape index (κ1) is 4.94. The van der Waals surface area contributed by atoms with E-state index >= 15 is 0 Å². The number of carbonyl (C=O) groups excluding carboxylic acids is 1. The zero-order valence-corrected chi connectivity index (χ0v) is 5.58. The summed E-state index contributed by atoms with van der Waals surface area (Å²) in [6, 6.07) is 0.516. The molecule has 3 aliphatic rings. The lowest BCUT2D eigenvalue weighted by molar-refractivity contribution is -0.135. The van der Waals surface area contributed by atoms with Crippen molar-refractivity contribution in [1.29, 1.82) is 0 Å². The van der Waals surface area contributed by atoms with Crippen LogP contribution in [-0.2, 0) is 4.79 Å².